The van der Waals surface area contributed by atoms with Crippen molar-refractivity contribution in [3.63, 3.8) is 0 Å². The van der Waals surface area contributed by atoms with Crippen molar-refractivity contribution in [3.05, 3.63) is 29.8 Å². The smallest absolute Gasteiger partial charge is 0.238 e. The molecule has 3 N–H and O–H groups in total. The van der Waals surface area contributed by atoms with Gasteiger partial charge in [-0.3, -0.25) is 4.99 Å². The molecule has 1 aromatic rings. The normalized spacial score (nSPS) is 20.8. The molecular weight excluding hydrogens is 324 g/mol. The first-order valence-corrected chi connectivity index (χ1v) is 10.0. The highest BCUT2D eigenvalue weighted by Gasteiger charge is 2.41. The quantitative estimate of drug-likeness (QED) is 0.641. The lowest BCUT2D eigenvalue weighted by Gasteiger charge is -2.26. The average Bonchev–Trinajstić information content (AvgIpc) is 3.18. The number of primary sulfonamides is 1. The van der Waals surface area contributed by atoms with E-state index in [2.05, 4.69) is 15.2 Å². The van der Waals surface area contributed by atoms with Crippen LogP contribution in [0.15, 0.2) is 34.2 Å². The number of aliphatic imine (C=N–C) groups is 1. The van der Waals surface area contributed by atoms with Crippen LogP contribution in [0, 0.1) is 5.41 Å². The fourth-order valence-corrected chi connectivity index (χ4v) is 4.58. The highest BCUT2D eigenvalue weighted by atomic mass is 32.2. The second-order valence-corrected chi connectivity index (χ2v) is 8.53. The molecule has 0 bridgehead atoms. The number of benzene rings is 1. The molecule has 7 heteroatoms. The molecule has 0 atom stereocenters. The summed E-state index contributed by atoms with van der Waals surface area (Å²) < 4.78 is 22.9. The number of guanidine groups is 1. The molecule has 24 heavy (non-hydrogen) atoms. The summed E-state index contributed by atoms with van der Waals surface area (Å²) in [4.78, 5) is 6.87. The molecule has 6 nitrogen and oxygen atoms in total. The molecule has 1 spiro atoms. The number of nitrogens with zero attached hydrogens (tertiary/aromatic N) is 2. The zero-order valence-corrected chi connectivity index (χ0v) is 15.0. The van der Waals surface area contributed by atoms with Crippen molar-refractivity contribution < 1.29 is 8.42 Å². The van der Waals surface area contributed by atoms with Gasteiger partial charge in [-0.2, -0.15) is 0 Å². The largest absolute Gasteiger partial charge is 0.352 e. The first kappa shape index (κ1) is 17.2. The summed E-state index contributed by atoms with van der Waals surface area (Å²) in [7, 11) is -1.87. The Morgan fingerprint density at radius 3 is 2.75 bits per heavy atom. The van der Waals surface area contributed by atoms with Gasteiger partial charge in [0.2, 0.25) is 10.0 Å². The van der Waals surface area contributed by atoms with Crippen molar-refractivity contribution in [1.82, 2.24) is 10.2 Å². The van der Waals surface area contributed by atoms with Gasteiger partial charge in [-0.25, -0.2) is 13.6 Å². The number of nitrogens with one attached hydrogen (secondary N) is 1. The second kappa shape index (κ2) is 6.72. The maximum absolute atomic E-state index is 11.5. The number of hydrogen-bond acceptors (Lipinski definition) is 3. The third-order valence-corrected chi connectivity index (χ3v) is 6.20. The third-order valence-electron chi connectivity index (χ3n) is 5.29. The topological polar surface area (TPSA) is 87.8 Å². The lowest BCUT2D eigenvalue weighted by molar-refractivity contribution is 0.309. The van der Waals surface area contributed by atoms with E-state index in [0.29, 0.717) is 12.0 Å². The van der Waals surface area contributed by atoms with Crippen LogP contribution in [-0.4, -0.2) is 39.4 Å². The zero-order valence-electron chi connectivity index (χ0n) is 14.2. The molecule has 0 aromatic heterocycles. The summed E-state index contributed by atoms with van der Waals surface area (Å²) >= 11 is 0. The Morgan fingerprint density at radius 2 is 2.08 bits per heavy atom. The van der Waals surface area contributed by atoms with Gasteiger partial charge in [0.25, 0.3) is 0 Å². The van der Waals surface area contributed by atoms with E-state index in [1.165, 1.54) is 38.2 Å². The minimum absolute atomic E-state index is 0.142. The first-order chi connectivity index (χ1) is 11.4. The van der Waals surface area contributed by atoms with Crippen LogP contribution in [0.5, 0.6) is 0 Å². The number of hydrogen-bond donors (Lipinski definition) is 2. The lowest BCUT2D eigenvalue weighted by Crippen LogP contribution is -2.40. The standard InChI is InChI=1S/C17H26N4O2S/c1-19-16(21-10-9-17(13-21)7-2-3-8-17)20-12-14-5-4-6-15(11-14)24(18,22)23/h4-6,11H,2-3,7-10,12-13H2,1H3,(H,19,20)(H2,18,22,23). The summed E-state index contributed by atoms with van der Waals surface area (Å²) in [6.45, 7) is 2.64. The van der Waals surface area contributed by atoms with Gasteiger partial charge in [-0.05, 0) is 42.4 Å². The summed E-state index contributed by atoms with van der Waals surface area (Å²) in [5.74, 6) is 0.889. The Morgan fingerprint density at radius 1 is 1.33 bits per heavy atom. The maximum Gasteiger partial charge on any atom is 0.238 e. The summed E-state index contributed by atoms with van der Waals surface area (Å²) in [6.07, 6.45) is 6.60. The van der Waals surface area contributed by atoms with Gasteiger partial charge in [0.15, 0.2) is 5.96 Å². The zero-order chi connectivity index (χ0) is 17.2. The van der Waals surface area contributed by atoms with Crippen LogP contribution in [-0.2, 0) is 16.6 Å². The van der Waals surface area contributed by atoms with Gasteiger partial charge in [-0.1, -0.05) is 25.0 Å². The van der Waals surface area contributed by atoms with Crippen LogP contribution >= 0.6 is 0 Å². The molecule has 0 unspecified atom stereocenters. The fraction of sp³-hybridized carbons (Fsp3) is 0.588. The highest BCUT2D eigenvalue weighted by molar-refractivity contribution is 7.89. The van der Waals surface area contributed by atoms with Gasteiger partial charge >= 0.3 is 0 Å². The number of nitrogens with two attached hydrogens (primary N) is 1. The van der Waals surface area contributed by atoms with E-state index in [4.69, 9.17) is 5.14 Å². The van der Waals surface area contributed by atoms with Crippen molar-refractivity contribution in [2.75, 3.05) is 20.1 Å². The molecule has 1 saturated carbocycles. The Labute approximate surface area is 144 Å². The van der Waals surface area contributed by atoms with E-state index in [1.54, 1.807) is 19.2 Å². The highest BCUT2D eigenvalue weighted by Crippen LogP contribution is 2.45. The van der Waals surface area contributed by atoms with E-state index in [1.807, 2.05) is 6.07 Å². The van der Waals surface area contributed by atoms with Crippen LogP contribution in [0.2, 0.25) is 0 Å². The van der Waals surface area contributed by atoms with E-state index in [9.17, 15) is 8.42 Å². The molecule has 1 aliphatic carbocycles. The lowest BCUT2D eigenvalue weighted by atomic mass is 9.86. The number of likely N-dealkylation sites (tertiary alicyclic amines) is 1. The molecule has 1 heterocycles. The predicted molar refractivity (Wildman–Crippen MR) is 95.1 cm³/mol. The number of sulfonamides is 1. The van der Waals surface area contributed by atoms with E-state index >= 15 is 0 Å². The maximum atomic E-state index is 11.5. The van der Waals surface area contributed by atoms with Crippen molar-refractivity contribution in [1.29, 1.82) is 0 Å². The van der Waals surface area contributed by atoms with Crippen molar-refractivity contribution in [2.24, 2.45) is 15.5 Å². The van der Waals surface area contributed by atoms with Crippen LogP contribution in [0.1, 0.15) is 37.7 Å². The van der Waals surface area contributed by atoms with E-state index < -0.39 is 10.0 Å². The van der Waals surface area contributed by atoms with Crippen LogP contribution < -0.4 is 10.5 Å². The van der Waals surface area contributed by atoms with Gasteiger partial charge < -0.3 is 10.2 Å². The molecular formula is C17H26N4O2S. The Balaban J connectivity index is 1.63. The van der Waals surface area contributed by atoms with Crippen LogP contribution in [0.4, 0.5) is 0 Å². The molecule has 2 aliphatic rings. The molecule has 3 rings (SSSR count). The minimum atomic E-state index is -3.67. The molecule has 1 aromatic carbocycles. The molecule has 1 saturated heterocycles. The number of rotatable bonds is 3. The molecule has 132 valence electrons. The Kier molecular flexibility index (Phi) is 4.83. The molecule has 0 amide bonds. The third kappa shape index (κ3) is 3.72. The van der Waals surface area contributed by atoms with E-state index in [0.717, 1.165) is 24.6 Å². The van der Waals surface area contributed by atoms with Gasteiger partial charge in [-0.15, -0.1) is 0 Å². The predicted octanol–water partition coefficient (Wildman–Crippen LogP) is 1.68. The monoisotopic (exact) mass is 350 g/mol. The Hall–Kier alpha value is -1.60. The summed E-state index contributed by atoms with van der Waals surface area (Å²) in [6, 6.07) is 6.72. The molecule has 0 radical (unpaired) electrons. The van der Waals surface area contributed by atoms with E-state index in [-0.39, 0.29) is 4.90 Å². The van der Waals surface area contributed by atoms with Crippen LogP contribution in [0.25, 0.3) is 0 Å². The van der Waals surface area contributed by atoms with Gasteiger partial charge in [0.1, 0.15) is 0 Å². The second-order valence-electron chi connectivity index (χ2n) is 6.97. The fourth-order valence-electron chi connectivity index (χ4n) is 3.99. The SMILES string of the molecule is CN=C(NCc1cccc(S(N)(=O)=O)c1)N1CCC2(CCCC2)C1. The molecule has 2 fully saturated rings. The molecule has 1 aliphatic heterocycles. The van der Waals surface area contributed by atoms with Crippen molar-refractivity contribution in [3.8, 4) is 0 Å². The minimum Gasteiger partial charge on any atom is -0.352 e. The average molecular weight is 350 g/mol. The van der Waals surface area contributed by atoms with Crippen molar-refractivity contribution >= 4 is 16.0 Å². The van der Waals surface area contributed by atoms with Crippen molar-refractivity contribution in [2.45, 2.75) is 43.5 Å². The Bertz CT molecular complexity index is 724. The summed E-state index contributed by atoms with van der Waals surface area (Å²) in [5, 5.41) is 8.55. The first-order valence-electron chi connectivity index (χ1n) is 8.49. The van der Waals surface area contributed by atoms with Gasteiger partial charge in [0.05, 0.1) is 4.90 Å². The van der Waals surface area contributed by atoms with Crippen LogP contribution in [0.3, 0.4) is 0 Å². The summed E-state index contributed by atoms with van der Waals surface area (Å²) in [5.41, 5.74) is 1.36. The van der Waals surface area contributed by atoms with Gasteiger partial charge in [0, 0.05) is 26.7 Å².